The van der Waals surface area contributed by atoms with Crippen molar-refractivity contribution in [2.45, 2.75) is 0 Å². The average Bonchev–Trinajstić information content (AvgIpc) is 3.45. The van der Waals surface area contributed by atoms with Crippen LogP contribution in [0.5, 0.6) is 0 Å². The van der Waals surface area contributed by atoms with Gasteiger partial charge in [0, 0.05) is 0 Å². The minimum absolute atomic E-state index is 0. The van der Waals surface area contributed by atoms with Gasteiger partial charge in [0.05, 0.1) is 0 Å². The average molecular weight is 545 g/mol. The van der Waals surface area contributed by atoms with E-state index in [0.717, 1.165) is 0 Å². The maximum absolute atomic E-state index is 2.19. The summed E-state index contributed by atoms with van der Waals surface area (Å²) in [5.41, 5.74) is 5.23. The van der Waals surface area contributed by atoms with Crippen molar-refractivity contribution in [1.82, 2.24) is 0 Å². The van der Waals surface area contributed by atoms with Crippen LogP contribution in [0.25, 0.3) is 43.8 Å². The van der Waals surface area contributed by atoms with Crippen LogP contribution in [0.3, 0.4) is 0 Å². The van der Waals surface area contributed by atoms with Crippen molar-refractivity contribution < 1.29 is 51.0 Å². The summed E-state index contributed by atoms with van der Waals surface area (Å²) in [7, 11) is 0. The standard InChI is InChI=1S/2C15H11.2ClH.Zr/c2*1-2-6-12(7-3-1)15-11-10-13-8-4-5-9-14(13)15;;;/h2*1-11H;2*1H;/q2*-1;;;+4/p-2. The first-order valence-electron chi connectivity index (χ1n) is 10.3. The first-order valence-corrected chi connectivity index (χ1v) is 10.3. The number of benzene rings is 4. The summed E-state index contributed by atoms with van der Waals surface area (Å²) in [5, 5.41) is 5.31. The molecule has 0 nitrogen and oxygen atoms in total. The Morgan fingerprint density at radius 2 is 0.727 bits per heavy atom. The Bertz CT molecular complexity index is 1270. The van der Waals surface area contributed by atoms with Gasteiger partial charge in [-0.25, -0.2) is 0 Å². The van der Waals surface area contributed by atoms with Crippen LogP contribution in [0.2, 0.25) is 0 Å². The Hall–Kier alpha value is -2.44. The molecule has 33 heavy (non-hydrogen) atoms. The molecule has 0 fully saturated rings. The van der Waals surface area contributed by atoms with E-state index < -0.39 is 0 Å². The van der Waals surface area contributed by atoms with E-state index in [1.807, 2.05) is 0 Å². The number of halogens is 2. The molecule has 0 unspecified atom stereocenters. The first-order chi connectivity index (χ1) is 14.9. The molecule has 0 saturated carbocycles. The van der Waals surface area contributed by atoms with E-state index >= 15 is 0 Å². The van der Waals surface area contributed by atoms with Crippen LogP contribution in [-0.2, 0) is 26.2 Å². The van der Waals surface area contributed by atoms with E-state index in [-0.39, 0.29) is 51.0 Å². The molecule has 3 heteroatoms. The van der Waals surface area contributed by atoms with Gasteiger partial charge in [-0.3, -0.25) is 0 Å². The summed E-state index contributed by atoms with van der Waals surface area (Å²) in [6, 6.07) is 46.8. The van der Waals surface area contributed by atoms with Crippen molar-refractivity contribution >= 4 is 21.5 Å². The fourth-order valence-corrected chi connectivity index (χ4v) is 4.04. The van der Waals surface area contributed by atoms with Crippen LogP contribution in [0.4, 0.5) is 0 Å². The smallest absolute Gasteiger partial charge is 1.00 e. The largest absolute Gasteiger partial charge is 4.00 e. The van der Waals surface area contributed by atoms with Crippen LogP contribution in [0.15, 0.2) is 133 Å². The van der Waals surface area contributed by atoms with Crippen LogP contribution >= 0.6 is 0 Å². The fraction of sp³-hybridized carbons (Fsp3) is 0. The van der Waals surface area contributed by atoms with E-state index in [9.17, 15) is 0 Å². The summed E-state index contributed by atoms with van der Waals surface area (Å²) in [6.07, 6.45) is 0. The number of hydrogen-bond donors (Lipinski definition) is 0. The minimum atomic E-state index is 0. The zero-order valence-corrected chi connectivity index (χ0v) is 21.9. The Kier molecular flexibility index (Phi) is 10.3. The second-order valence-electron chi connectivity index (χ2n) is 7.40. The molecular formula is C30H22Cl2Zr. The van der Waals surface area contributed by atoms with E-state index in [0.29, 0.717) is 0 Å². The second kappa shape index (κ2) is 12.7. The summed E-state index contributed by atoms with van der Waals surface area (Å²) < 4.78 is 0. The third kappa shape index (κ3) is 5.93. The molecule has 6 rings (SSSR count). The van der Waals surface area contributed by atoms with Gasteiger partial charge in [0.2, 0.25) is 0 Å². The van der Waals surface area contributed by atoms with Gasteiger partial charge in [-0.05, 0) is 0 Å². The maximum Gasteiger partial charge on any atom is 4.00 e. The third-order valence-electron chi connectivity index (χ3n) is 5.53. The predicted molar refractivity (Wildman–Crippen MR) is 130 cm³/mol. The quantitative estimate of drug-likeness (QED) is 0.294. The molecule has 0 amide bonds. The zero-order chi connectivity index (χ0) is 20.2. The molecule has 6 aromatic rings. The molecule has 0 atom stereocenters. The van der Waals surface area contributed by atoms with E-state index in [4.69, 9.17) is 0 Å². The topological polar surface area (TPSA) is 0 Å². The van der Waals surface area contributed by atoms with E-state index in [1.165, 1.54) is 43.8 Å². The number of rotatable bonds is 2. The van der Waals surface area contributed by atoms with Gasteiger partial charge >= 0.3 is 26.2 Å². The van der Waals surface area contributed by atoms with Crippen LogP contribution in [0, 0.1) is 0 Å². The van der Waals surface area contributed by atoms with Gasteiger partial charge in [-0.15, -0.1) is 93.3 Å². The van der Waals surface area contributed by atoms with Gasteiger partial charge in [0.25, 0.3) is 0 Å². The van der Waals surface area contributed by atoms with Crippen molar-refractivity contribution in [3.63, 3.8) is 0 Å². The second-order valence-corrected chi connectivity index (χ2v) is 7.40. The van der Waals surface area contributed by atoms with Gasteiger partial charge < -0.3 is 24.8 Å². The third-order valence-corrected chi connectivity index (χ3v) is 5.53. The Morgan fingerprint density at radius 3 is 1.12 bits per heavy atom. The molecule has 0 radical (unpaired) electrons. The molecule has 0 bridgehead atoms. The van der Waals surface area contributed by atoms with Crippen molar-refractivity contribution in [2.75, 3.05) is 0 Å². The van der Waals surface area contributed by atoms with Crippen LogP contribution in [-0.4, -0.2) is 0 Å². The number of fused-ring (bicyclic) bond motifs is 2. The summed E-state index contributed by atoms with van der Waals surface area (Å²) in [4.78, 5) is 0. The van der Waals surface area contributed by atoms with Gasteiger partial charge in [0.15, 0.2) is 0 Å². The molecule has 0 saturated heterocycles. The normalized spacial score (nSPS) is 9.70. The molecule has 6 aromatic carbocycles. The summed E-state index contributed by atoms with van der Waals surface area (Å²) in [5.74, 6) is 0. The fourth-order valence-electron chi connectivity index (χ4n) is 4.04. The molecule has 0 spiro atoms. The Balaban J connectivity index is 0.000000214. The van der Waals surface area contributed by atoms with Crippen molar-refractivity contribution in [3.05, 3.63) is 133 Å². The van der Waals surface area contributed by atoms with Gasteiger partial charge in [-0.1, -0.05) is 83.9 Å². The molecule has 0 aliphatic heterocycles. The molecule has 160 valence electrons. The Morgan fingerprint density at radius 1 is 0.394 bits per heavy atom. The molecular weight excluding hydrogens is 522 g/mol. The van der Waals surface area contributed by atoms with Crippen LogP contribution < -0.4 is 24.8 Å². The molecule has 0 N–H and O–H groups in total. The minimum Gasteiger partial charge on any atom is -1.00 e. The summed E-state index contributed by atoms with van der Waals surface area (Å²) >= 11 is 0. The maximum atomic E-state index is 2.19. The number of hydrogen-bond acceptors (Lipinski definition) is 0. The summed E-state index contributed by atoms with van der Waals surface area (Å²) in [6.45, 7) is 0. The molecule has 0 aliphatic rings. The van der Waals surface area contributed by atoms with Crippen LogP contribution in [0.1, 0.15) is 0 Å². The zero-order valence-electron chi connectivity index (χ0n) is 18.0. The van der Waals surface area contributed by atoms with Crippen molar-refractivity contribution in [3.8, 4) is 22.3 Å². The predicted octanol–water partition coefficient (Wildman–Crippen LogP) is 2.46. The van der Waals surface area contributed by atoms with E-state index in [2.05, 4.69) is 133 Å². The van der Waals surface area contributed by atoms with Crippen molar-refractivity contribution in [2.24, 2.45) is 0 Å². The molecule has 0 heterocycles. The molecule has 0 aromatic heterocycles. The Labute approximate surface area is 227 Å². The van der Waals surface area contributed by atoms with Gasteiger partial charge in [-0.2, -0.15) is 0 Å². The molecule has 0 aliphatic carbocycles. The van der Waals surface area contributed by atoms with Crippen molar-refractivity contribution in [1.29, 1.82) is 0 Å². The monoisotopic (exact) mass is 542 g/mol. The van der Waals surface area contributed by atoms with Gasteiger partial charge in [0.1, 0.15) is 0 Å². The first kappa shape index (κ1) is 26.8. The SMILES string of the molecule is [Cl-].[Cl-].[Zr+4].c1ccc(-c2c[cH-]c3ccccc23)cc1.c1ccc(-c2c[cH-]c3ccccc23)cc1. The van der Waals surface area contributed by atoms with E-state index in [1.54, 1.807) is 0 Å².